The van der Waals surface area contributed by atoms with Crippen LogP contribution in [-0.4, -0.2) is 22.9 Å². The van der Waals surface area contributed by atoms with Crippen LogP contribution in [0.4, 0.5) is 0 Å². The Hall–Kier alpha value is -1.03. The number of hydrogen-bond acceptors (Lipinski definition) is 3. The number of ether oxygens (including phenoxy) is 1. The van der Waals surface area contributed by atoms with E-state index in [-0.39, 0.29) is 0 Å². The molecule has 4 nitrogen and oxygen atoms in total. The Kier molecular flexibility index (Phi) is 4.64. The predicted molar refractivity (Wildman–Crippen MR) is 72.6 cm³/mol. The smallest absolute Gasteiger partial charge is 0.211 e. The zero-order chi connectivity index (χ0) is 13.0. The third kappa shape index (κ3) is 3.25. The van der Waals surface area contributed by atoms with Crippen LogP contribution < -0.4 is 10.1 Å². The molecule has 1 aliphatic carbocycles. The van der Waals surface area contributed by atoms with E-state index < -0.39 is 0 Å². The van der Waals surface area contributed by atoms with Gasteiger partial charge >= 0.3 is 0 Å². The molecule has 1 N–H and O–H groups in total. The molecule has 1 fully saturated rings. The molecule has 0 aliphatic heterocycles. The summed E-state index contributed by atoms with van der Waals surface area (Å²) in [7, 11) is 3.59. The van der Waals surface area contributed by atoms with Crippen molar-refractivity contribution >= 4 is 0 Å². The normalized spacial score (nSPS) is 24.2. The molecule has 0 spiro atoms. The van der Waals surface area contributed by atoms with Crippen LogP contribution >= 0.6 is 0 Å². The molecule has 1 heterocycles. The molecule has 1 aliphatic rings. The van der Waals surface area contributed by atoms with Gasteiger partial charge in [-0.05, 0) is 18.8 Å². The van der Waals surface area contributed by atoms with Crippen LogP contribution in [0.15, 0.2) is 6.07 Å². The van der Waals surface area contributed by atoms with Crippen molar-refractivity contribution in [1.29, 1.82) is 0 Å². The number of nitrogens with zero attached hydrogens (tertiary/aromatic N) is 2. The van der Waals surface area contributed by atoms with Crippen LogP contribution in [0.2, 0.25) is 0 Å². The summed E-state index contributed by atoms with van der Waals surface area (Å²) < 4.78 is 7.01. The first kappa shape index (κ1) is 13.4. The molecule has 0 bridgehead atoms. The molecule has 0 aromatic carbocycles. The van der Waals surface area contributed by atoms with Crippen LogP contribution in [0.5, 0.6) is 5.88 Å². The molecule has 2 atom stereocenters. The third-order valence-electron chi connectivity index (χ3n) is 4.03. The fourth-order valence-electron chi connectivity index (χ4n) is 2.88. The highest BCUT2D eigenvalue weighted by atomic mass is 16.5. The summed E-state index contributed by atoms with van der Waals surface area (Å²) in [6.07, 6.45) is 6.71. The highest BCUT2D eigenvalue weighted by Gasteiger charge is 2.20. The summed E-state index contributed by atoms with van der Waals surface area (Å²) in [5.41, 5.74) is 1.06. The summed E-state index contributed by atoms with van der Waals surface area (Å²) >= 11 is 0. The molecule has 0 saturated heterocycles. The number of aromatic nitrogens is 2. The van der Waals surface area contributed by atoms with Gasteiger partial charge in [-0.1, -0.05) is 26.2 Å². The van der Waals surface area contributed by atoms with Gasteiger partial charge in [0.25, 0.3) is 0 Å². The van der Waals surface area contributed by atoms with E-state index in [0.717, 1.165) is 24.0 Å². The van der Waals surface area contributed by atoms with Crippen molar-refractivity contribution in [2.24, 2.45) is 13.0 Å². The Morgan fingerprint density at radius 1 is 1.50 bits per heavy atom. The highest BCUT2D eigenvalue weighted by Crippen LogP contribution is 2.26. The van der Waals surface area contributed by atoms with E-state index in [2.05, 4.69) is 17.3 Å². The van der Waals surface area contributed by atoms with Gasteiger partial charge in [-0.3, -0.25) is 0 Å². The largest absolute Gasteiger partial charge is 0.481 e. The minimum absolute atomic E-state index is 0.664. The van der Waals surface area contributed by atoms with Gasteiger partial charge in [-0.2, -0.15) is 5.10 Å². The summed E-state index contributed by atoms with van der Waals surface area (Å²) in [4.78, 5) is 0. The molecule has 2 rings (SSSR count). The lowest BCUT2D eigenvalue weighted by molar-refractivity contribution is 0.277. The van der Waals surface area contributed by atoms with Crippen molar-refractivity contribution in [1.82, 2.24) is 15.1 Å². The molecular weight excluding hydrogens is 226 g/mol. The van der Waals surface area contributed by atoms with Crippen LogP contribution in [0.1, 0.15) is 44.7 Å². The number of rotatable bonds is 5. The molecule has 2 unspecified atom stereocenters. The average molecular weight is 251 g/mol. The molecule has 1 aromatic rings. The fourth-order valence-corrected chi connectivity index (χ4v) is 2.88. The maximum absolute atomic E-state index is 5.22. The first-order valence-electron chi connectivity index (χ1n) is 7.03. The van der Waals surface area contributed by atoms with Crippen molar-refractivity contribution in [3.63, 3.8) is 0 Å². The minimum Gasteiger partial charge on any atom is -0.481 e. The first-order valence-corrected chi connectivity index (χ1v) is 7.03. The number of hydrogen-bond donors (Lipinski definition) is 1. The summed E-state index contributed by atoms with van der Waals surface area (Å²) in [6, 6.07) is 2.67. The van der Waals surface area contributed by atoms with Crippen molar-refractivity contribution in [2.45, 2.75) is 51.6 Å². The fraction of sp³-hybridized carbons (Fsp3) is 0.786. The second kappa shape index (κ2) is 6.23. The Labute approximate surface area is 110 Å². The van der Waals surface area contributed by atoms with Crippen molar-refractivity contribution < 1.29 is 4.74 Å². The lowest BCUT2D eigenvalue weighted by Gasteiger charge is -2.29. The molecule has 102 valence electrons. The molecule has 4 heteroatoms. The van der Waals surface area contributed by atoms with Gasteiger partial charge in [0.2, 0.25) is 5.88 Å². The van der Waals surface area contributed by atoms with Gasteiger partial charge in [0.1, 0.15) is 0 Å². The van der Waals surface area contributed by atoms with Crippen LogP contribution in [0.25, 0.3) is 0 Å². The lowest BCUT2D eigenvalue weighted by Crippen LogP contribution is -2.33. The Morgan fingerprint density at radius 3 is 3.00 bits per heavy atom. The highest BCUT2D eigenvalue weighted by molar-refractivity contribution is 5.15. The topological polar surface area (TPSA) is 39.1 Å². The van der Waals surface area contributed by atoms with E-state index in [4.69, 9.17) is 4.74 Å². The van der Waals surface area contributed by atoms with Crippen molar-refractivity contribution in [3.8, 4) is 5.88 Å². The van der Waals surface area contributed by atoms with Crippen LogP contribution in [-0.2, 0) is 13.6 Å². The summed E-state index contributed by atoms with van der Waals surface area (Å²) in [5.74, 6) is 1.73. The number of nitrogens with one attached hydrogen (secondary N) is 1. The second-order valence-corrected chi connectivity index (χ2v) is 5.32. The zero-order valence-electron chi connectivity index (χ0n) is 11.8. The van der Waals surface area contributed by atoms with Gasteiger partial charge < -0.3 is 10.1 Å². The Morgan fingerprint density at radius 2 is 2.33 bits per heavy atom. The maximum atomic E-state index is 5.22. The van der Waals surface area contributed by atoms with Crippen molar-refractivity contribution in [3.05, 3.63) is 11.8 Å². The van der Waals surface area contributed by atoms with E-state index in [0.29, 0.717) is 6.04 Å². The third-order valence-corrected chi connectivity index (χ3v) is 4.03. The maximum Gasteiger partial charge on any atom is 0.211 e. The van der Waals surface area contributed by atoms with E-state index in [1.165, 1.54) is 32.1 Å². The number of methoxy groups -OCH3 is 1. The molecule has 18 heavy (non-hydrogen) atoms. The van der Waals surface area contributed by atoms with Crippen LogP contribution in [0.3, 0.4) is 0 Å². The molecule has 0 amide bonds. The van der Waals surface area contributed by atoms with E-state index in [9.17, 15) is 0 Å². The van der Waals surface area contributed by atoms with E-state index in [1.807, 2.05) is 13.1 Å². The van der Waals surface area contributed by atoms with Gasteiger partial charge in [0.05, 0.1) is 12.8 Å². The first-order chi connectivity index (χ1) is 8.72. The second-order valence-electron chi connectivity index (χ2n) is 5.32. The number of aryl methyl sites for hydroxylation is 1. The summed E-state index contributed by atoms with van der Waals surface area (Å²) in [5, 5.41) is 8.07. The average Bonchev–Trinajstić information content (AvgIpc) is 2.77. The van der Waals surface area contributed by atoms with Gasteiger partial charge in [0, 0.05) is 25.7 Å². The van der Waals surface area contributed by atoms with Gasteiger partial charge in [0.15, 0.2) is 0 Å². The summed E-state index contributed by atoms with van der Waals surface area (Å²) in [6.45, 7) is 3.15. The zero-order valence-corrected chi connectivity index (χ0v) is 11.8. The van der Waals surface area contributed by atoms with E-state index >= 15 is 0 Å². The predicted octanol–water partition coefficient (Wildman–Crippen LogP) is 2.49. The van der Waals surface area contributed by atoms with Gasteiger partial charge in [-0.15, -0.1) is 0 Å². The molecular formula is C14H25N3O. The molecule has 1 saturated carbocycles. The molecule has 1 aromatic heterocycles. The standard InChI is InChI=1S/C14H25N3O/c1-4-11-6-5-7-12(8-11)15-10-13-9-14(18-3)17(2)16-13/h9,11-12,15H,4-8,10H2,1-3H3. The Balaban J connectivity index is 1.83. The van der Waals surface area contributed by atoms with E-state index in [1.54, 1.807) is 11.8 Å². The monoisotopic (exact) mass is 251 g/mol. The minimum atomic E-state index is 0.664. The lowest BCUT2D eigenvalue weighted by atomic mass is 9.84. The molecule has 0 radical (unpaired) electrons. The quantitative estimate of drug-likeness (QED) is 0.874. The SMILES string of the molecule is CCC1CCCC(NCc2cc(OC)n(C)n2)C1. The Bertz CT molecular complexity index is 375. The van der Waals surface area contributed by atoms with Crippen LogP contribution in [0, 0.1) is 5.92 Å². The van der Waals surface area contributed by atoms with Gasteiger partial charge in [-0.25, -0.2) is 4.68 Å². The van der Waals surface area contributed by atoms with Crippen molar-refractivity contribution in [2.75, 3.05) is 7.11 Å².